The van der Waals surface area contributed by atoms with Crippen LogP contribution in [0.5, 0.6) is 11.5 Å². The van der Waals surface area contributed by atoms with Crippen molar-refractivity contribution in [2.75, 3.05) is 10.6 Å². The number of anilines is 2. The Bertz CT molecular complexity index is 623. The zero-order valence-electron chi connectivity index (χ0n) is 10.4. The molecule has 0 aliphatic carbocycles. The Morgan fingerprint density at radius 3 is 2.22 bits per heavy atom. The van der Waals surface area contributed by atoms with Crippen LogP contribution in [0.25, 0.3) is 10.8 Å². The second kappa shape index (κ2) is 3.70. The third-order valence-corrected chi connectivity index (χ3v) is 3.43. The van der Waals surface area contributed by atoms with Gasteiger partial charge in [0.05, 0.1) is 11.9 Å². The van der Waals surface area contributed by atoms with Crippen molar-refractivity contribution in [1.29, 1.82) is 0 Å². The van der Waals surface area contributed by atoms with E-state index in [9.17, 15) is 10.2 Å². The molecule has 4 N–H and O–H groups in total. The Labute approximate surface area is 105 Å². The van der Waals surface area contributed by atoms with E-state index in [4.69, 9.17) is 0 Å². The van der Waals surface area contributed by atoms with Gasteiger partial charge in [-0.05, 0) is 5.92 Å². The second-order valence-electron chi connectivity index (χ2n) is 5.00. The van der Waals surface area contributed by atoms with Gasteiger partial charge in [-0.15, -0.1) is 0 Å². The fourth-order valence-electron chi connectivity index (χ4n) is 2.38. The molecule has 94 valence electrons. The van der Waals surface area contributed by atoms with Crippen molar-refractivity contribution >= 4 is 22.1 Å². The van der Waals surface area contributed by atoms with Gasteiger partial charge in [0.15, 0.2) is 11.5 Å². The molecule has 0 saturated heterocycles. The predicted molar refractivity (Wildman–Crippen MR) is 73.1 cm³/mol. The molecule has 2 aromatic carbocycles. The summed E-state index contributed by atoms with van der Waals surface area (Å²) in [6.45, 7) is 4.19. The lowest BCUT2D eigenvalue weighted by Gasteiger charge is -2.15. The summed E-state index contributed by atoms with van der Waals surface area (Å²) in [4.78, 5) is 0. The number of aromatic hydroxyl groups is 2. The Morgan fingerprint density at radius 1 is 0.944 bits per heavy atom. The van der Waals surface area contributed by atoms with Crippen LogP contribution in [0.1, 0.15) is 13.8 Å². The number of nitrogens with one attached hydrogen (secondary N) is 2. The maximum absolute atomic E-state index is 10.1. The van der Waals surface area contributed by atoms with Crippen LogP contribution in [0.2, 0.25) is 0 Å². The molecule has 0 aromatic heterocycles. The smallest absolute Gasteiger partial charge is 0.184 e. The minimum Gasteiger partial charge on any atom is -0.504 e. The maximum Gasteiger partial charge on any atom is 0.184 e. The minimum atomic E-state index is -0.0839. The molecule has 0 saturated carbocycles. The highest BCUT2D eigenvalue weighted by Gasteiger charge is 2.28. The number of fused-ring (bicyclic) bond motifs is 3. The van der Waals surface area contributed by atoms with Gasteiger partial charge in [-0.1, -0.05) is 38.1 Å². The van der Waals surface area contributed by atoms with Crippen LogP contribution >= 0.6 is 0 Å². The molecule has 3 rings (SSSR count). The number of hydrogen-bond donors (Lipinski definition) is 4. The molecular formula is C14H16N2O2. The Balaban J connectivity index is 2.27. The molecule has 1 unspecified atom stereocenters. The molecule has 1 heterocycles. The standard InChI is InChI=1S/C14H16N2O2/c1-7(2)14-15-10-8-5-3-4-6-9(8)12(17)13(18)11(10)16-14/h3-7,14-18H,1-2H3. The lowest BCUT2D eigenvalue weighted by atomic mass is 10.1. The summed E-state index contributed by atoms with van der Waals surface area (Å²) in [7, 11) is 0. The molecule has 0 fully saturated rings. The Kier molecular flexibility index (Phi) is 2.26. The molecule has 0 spiro atoms. The second-order valence-corrected chi connectivity index (χ2v) is 5.00. The molecule has 1 aliphatic heterocycles. The van der Waals surface area contributed by atoms with Crippen molar-refractivity contribution in [3.8, 4) is 11.5 Å². The predicted octanol–water partition coefficient (Wildman–Crippen LogP) is 3.07. The van der Waals surface area contributed by atoms with E-state index in [0.717, 1.165) is 11.1 Å². The first-order valence-corrected chi connectivity index (χ1v) is 6.09. The molecule has 0 amide bonds. The summed E-state index contributed by atoms with van der Waals surface area (Å²) in [5, 5.41) is 28.2. The van der Waals surface area contributed by atoms with E-state index in [0.29, 0.717) is 17.0 Å². The third-order valence-electron chi connectivity index (χ3n) is 3.43. The van der Waals surface area contributed by atoms with E-state index in [1.54, 1.807) is 6.07 Å². The van der Waals surface area contributed by atoms with Crippen LogP contribution in [0, 0.1) is 5.92 Å². The van der Waals surface area contributed by atoms with Gasteiger partial charge in [0.25, 0.3) is 0 Å². The summed E-state index contributed by atoms with van der Waals surface area (Å²) >= 11 is 0. The first kappa shape index (κ1) is 11.0. The molecule has 4 nitrogen and oxygen atoms in total. The van der Waals surface area contributed by atoms with Crippen molar-refractivity contribution in [2.45, 2.75) is 20.0 Å². The van der Waals surface area contributed by atoms with Gasteiger partial charge in [-0.25, -0.2) is 0 Å². The first-order valence-electron chi connectivity index (χ1n) is 6.09. The first-order chi connectivity index (χ1) is 8.59. The van der Waals surface area contributed by atoms with Crippen LogP contribution in [0.3, 0.4) is 0 Å². The molecule has 0 radical (unpaired) electrons. The number of benzene rings is 2. The van der Waals surface area contributed by atoms with E-state index < -0.39 is 0 Å². The third kappa shape index (κ3) is 1.38. The number of rotatable bonds is 1. The lowest BCUT2D eigenvalue weighted by Crippen LogP contribution is -2.28. The van der Waals surface area contributed by atoms with Crippen LogP contribution < -0.4 is 10.6 Å². The minimum absolute atomic E-state index is 0.0658. The van der Waals surface area contributed by atoms with Crippen LogP contribution in [-0.4, -0.2) is 16.4 Å². The summed E-state index contributed by atoms with van der Waals surface area (Å²) in [6, 6.07) is 7.50. The molecule has 4 heteroatoms. The number of phenolic OH excluding ortho intramolecular Hbond substituents is 2. The van der Waals surface area contributed by atoms with E-state index >= 15 is 0 Å². The quantitative estimate of drug-likeness (QED) is 0.460. The Morgan fingerprint density at radius 2 is 1.56 bits per heavy atom. The molecule has 1 atom stereocenters. The monoisotopic (exact) mass is 244 g/mol. The number of hydrogen-bond acceptors (Lipinski definition) is 4. The Hall–Kier alpha value is -2.10. The molecule has 2 aromatic rings. The summed E-state index contributed by atoms with van der Waals surface area (Å²) in [5.41, 5.74) is 1.45. The molecule has 18 heavy (non-hydrogen) atoms. The van der Waals surface area contributed by atoms with Gasteiger partial charge in [0.1, 0.15) is 5.69 Å². The van der Waals surface area contributed by atoms with Crippen molar-refractivity contribution in [1.82, 2.24) is 0 Å². The summed E-state index contributed by atoms with van der Waals surface area (Å²) in [6.07, 6.45) is 0.0658. The summed E-state index contributed by atoms with van der Waals surface area (Å²) < 4.78 is 0. The fourth-order valence-corrected chi connectivity index (χ4v) is 2.38. The van der Waals surface area contributed by atoms with E-state index in [-0.39, 0.29) is 17.7 Å². The average Bonchev–Trinajstić information content (AvgIpc) is 2.81. The highest BCUT2D eigenvalue weighted by Crippen LogP contribution is 2.49. The zero-order valence-corrected chi connectivity index (χ0v) is 10.4. The SMILES string of the molecule is CC(C)C1Nc2c(O)c(O)c3ccccc3c2N1. The fraction of sp³-hybridized carbons (Fsp3) is 0.286. The summed E-state index contributed by atoms with van der Waals surface area (Å²) in [5.74, 6) is 0.222. The highest BCUT2D eigenvalue weighted by atomic mass is 16.3. The van der Waals surface area contributed by atoms with Gasteiger partial charge < -0.3 is 20.8 Å². The van der Waals surface area contributed by atoms with Gasteiger partial charge in [0.2, 0.25) is 0 Å². The lowest BCUT2D eigenvalue weighted by molar-refractivity contribution is 0.410. The number of phenols is 2. The van der Waals surface area contributed by atoms with Crippen molar-refractivity contribution < 1.29 is 10.2 Å². The van der Waals surface area contributed by atoms with Crippen LogP contribution in [0.15, 0.2) is 24.3 Å². The molecule has 0 bridgehead atoms. The van der Waals surface area contributed by atoms with E-state index in [1.165, 1.54) is 0 Å². The molecular weight excluding hydrogens is 228 g/mol. The van der Waals surface area contributed by atoms with Crippen LogP contribution in [-0.2, 0) is 0 Å². The van der Waals surface area contributed by atoms with E-state index in [1.807, 2.05) is 18.2 Å². The van der Waals surface area contributed by atoms with Gasteiger partial charge in [0, 0.05) is 10.8 Å². The van der Waals surface area contributed by atoms with Crippen molar-refractivity contribution in [2.24, 2.45) is 5.92 Å². The zero-order chi connectivity index (χ0) is 12.9. The van der Waals surface area contributed by atoms with Gasteiger partial charge >= 0.3 is 0 Å². The van der Waals surface area contributed by atoms with Gasteiger partial charge in [-0.2, -0.15) is 0 Å². The van der Waals surface area contributed by atoms with Gasteiger partial charge in [-0.3, -0.25) is 0 Å². The highest BCUT2D eigenvalue weighted by molar-refractivity contribution is 6.08. The largest absolute Gasteiger partial charge is 0.504 e. The van der Waals surface area contributed by atoms with Crippen molar-refractivity contribution in [3.63, 3.8) is 0 Å². The average molecular weight is 244 g/mol. The van der Waals surface area contributed by atoms with Crippen molar-refractivity contribution in [3.05, 3.63) is 24.3 Å². The van der Waals surface area contributed by atoms with Crippen LogP contribution in [0.4, 0.5) is 11.4 Å². The normalized spacial score (nSPS) is 17.6. The van der Waals surface area contributed by atoms with E-state index in [2.05, 4.69) is 24.5 Å². The topological polar surface area (TPSA) is 64.5 Å². The molecule has 1 aliphatic rings. The maximum atomic E-state index is 10.1.